The Morgan fingerprint density at radius 3 is 2.53 bits per heavy atom. The van der Waals surface area contributed by atoms with E-state index in [1.165, 1.54) is 6.08 Å². The van der Waals surface area contributed by atoms with Crippen molar-refractivity contribution in [3.8, 4) is 0 Å². The molecule has 2 nitrogen and oxygen atoms in total. The van der Waals surface area contributed by atoms with Crippen LogP contribution in [0.2, 0.25) is 0 Å². The summed E-state index contributed by atoms with van der Waals surface area (Å²) >= 11 is 0. The van der Waals surface area contributed by atoms with Crippen LogP contribution in [0.1, 0.15) is 39.6 Å². The Bertz CT molecular complexity index is 481. The van der Waals surface area contributed by atoms with E-state index in [9.17, 15) is 9.59 Å². The zero-order valence-corrected chi connectivity index (χ0v) is 8.83. The molecule has 2 rings (SSSR count). The smallest absolute Gasteiger partial charge is 0.189 e. The standard InChI is InChI=1S/C13H12O2/c1-3-9-7-12(14)10-5-4-8(2)6-11(10)13(9)15/h4-7H,3H2,1-2H3. The third-order valence-corrected chi connectivity index (χ3v) is 2.66. The van der Waals surface area contributed by atoms with Gasteiger partial charge in [-0.1, -0.05) is 24.6 Å². The maximum Gasteiger partial charge on any atom is 0.189 e. The van der Waals surface area contributed by atoms with Gasteiger partial charge in [-0.05, 0) is 25.5 Å². The molecule has 1 aromatic carbocycles. The Hall–Kier alpha value is -1.70. The molecule has 0 radical (unpaired) electrons. The first-order valence-electron chi connectivity index (χ1n) is 5.03. The molecular formula is C13H12O2. The number of ketones is 2. The van der Waals surface area contributed by atoms with Crippen molar-refractivity contribution in [1.29, 1.82) is 0 Å². The van der Waals surface area contributed by atoms with E-state index >= 15 is 0 Å². The molecule has 0 saturated heterocycles. The van der Waals surface area contributed by atoms with Gasteiger partial charge in [0.15, 0.2) is 11.6 Å². The largest absolute Gasteiger partial charge is 0.289 e. The molecule has 2 heteroatoms. The number of carbonyl (C=O) groups is 2. The third kappa shape index (κ3) is 1.52. The quantitative estimate of drug-likeness (QED) is 0.698. The van der Waals surface area contributed by atoms with Crippen LogP contribution in [0.5, 0.6) is 0 Å². The zero-order chi connectivity index (χ0) is 11.0. The first-order chi connectivity index (χ1) is 7.13. The predicted octanol–water partition coefficient (Wildman–Crippen LogP) is 2.71. The van der Waals surface area contributed by atoms with Gasteiger partial charge in [0.2, 0.25) is 0 Å². The molecule has 0 bridgehead atoms. The number of hydrogen-bond donors (Lipinski definition) is 0. The van der Waals surface area contributed by atoms with Crippen molar-refractivity contribution in [1.82, 2.24) is 0 Å². The van der Waals surface area contributed by atoms with E-state index in [4.69, 9.17) is 0 Å². The molecular weight excluding hydrogens is 188 g/mol. The minimum absolute atomic E-state index is 0.00389. The van der Waals surface area contributed by atoms with Gasteiger partial charge in [0.1, 0.15) is 0 Å². The first kappa shape index (κ1) is 9.84. The molecule has 0 unspecified atom stereocenters. The number of Topliss-reactive ketones (excluding diaryl/α,β-unsaturated/α-hetero) is 1. The van der Waals surface area contributed by atoms with Crippen LogP contribution in [0.4, 0.5) is 0 Å². The highest BCUT2D eigenvalue weighted by Gasteiger charge is 2.23. The predicted molar refractivity (Wildman–Crippen MR) is 58.2 cm³/mol. The lowest BCUT2D eigenvalue weighted by Gasteiger charge is -2.14. The van der Waals surface area contributed by atoms with Crippen LogP contribution >= 0.6 is 0 Å². The van der Waals surface area contributed by atoms with Crippen LogP contribution in [0.3, 0.4) is 0 Å². The minimum atomic E-state index is -0.0542. The summed E-state index contributed by atoms with van der Waals surface area (Å²) in [4.78, 5) is 23.6. The topological polar surface area (TPSA) is 34.1 Å². The van der Waals surface area contributed by atoms with Gasteiger partial charge in [0.05, 0.1) is 0 Å². The third-order valence-electron chi connectivity index (χ3n) is 2.66. The lowest BCUT2D eigenvalue weighted by molar-refractivity contribution is 0.0982. The number of carbonyl (C=O) groups excluding carboxylic acids is 2. The maximum absolute atomic E-state index is 11.9. The van der Waals surface area contributed by atoms with E-state index in [1.54, 1.807) is 12.1 Å². The fraction of sp³-hybridized carbons (Fsp3) is 0.231. The molecule has 1 aromatic rings. The molecule has 15 heavy (non-hydrogen) atoms. The summed E-state index contributed by atoms with van der Waals surface area (Å²) in [5.74, 6) is -0.0581. The van der Waals surface area contributed by atoms with E-state index < -0.39 is 0 Å². The van der Waals surface area contributed by atoms with Gasteiger partial charge in [0, 0.05) is 16.7 Å². The molecule has 0 atom stereocenters. The normalized spacial score (nSPS) is 14.9. The van der Waals surface area contributed by atoms with Gasteiger partial charge in [-0.15, -0.1) is 0 Å². The van der Waals surface area contributed by atoms with E-state index in [0.717, 1.165) is 5.56 Å². The van der Waals surface area contributed by atoms with E-state index in [0.29, 0.717) is 23.1 Å². The molecule has 0 aromatic heterocycles. The summed E-state index contributed by atoms with van der Waals surface area (Å²) in [6, 6.07) is 5.38. The lowest BCUT2D eigenvalue weighted by Crippen LogP contribution is -2.16. The number of allylic oxidation sites excluding steroid dienone is 2. The fourth-order valence-electron chi connectivity index (χ4n) is 1.80. The van der Waals surface area contributed by atoms with Gasteiger partial charge < -0.3 is 0 Å². The Kier molecular flexibility index (Phi) is 2.27. The summed E-state index contributed by atoms with van der Waals surface area (Å²) in [5, 5.41) is 0. The molecule has 0 amide bonds. The highest BCUT2D eigenvalue weighted by Crippen LogP contribution is 2.23. The molecule has 0 heterocycles. The van der Waals surface area contributed by atoms with Crippen LogP contribution in [-0.4, -0.2) is 11.6 Å². The van der Waals surface area contributed by atoms with Crippen LogP contribution in [0.15, 0.2) is 29.8 Å². The van der Waals surface area contributed by atoms with Crippen molar-refractivity contribution in [2.75, 3.05) is 0 Å². The van der Waals surface area contributed by atoms with Gasteiger partial charge in [-0.3, -0.25) is 9.59 Å². The molecule has 0 fully saturated rings. The highest BCUT2D eigenvalue weighted by atomic mass is 16.1. The number of benzene rings is 1. The van der Waals surface area contributed by atoms with Crippen LogP contribution < -0.4 is 0 Å². The Morgan fingerprint density at radius 1 is 1.13 bits per heavy atom. The first-order valence-corrected chi connectivity index (χ1v) is 5.03. The summed E-state index contributed by atoms with van der Waals surface area (Å²) < 4.78 is 0. The molecule has 0 aliphatic heterocycles. The van der Waals surface area contributed by atoms with E-state index in [2.05, 4.69) is 0 Å². The summed E-state index contributed by atoms with van der Waals surface area (Å²) in [6.07, 6.45) is 2.07. The fourth-order valence-corrected chi connectivity index (χ4v) is 1.80. The molecule has 0 saturated carbocycles. The highest BCUT2D eigenvalue weighted by molar-refractivity contribution is 6.24. The summed E-state index contributed by atoms with van der Waals surface area (Å²) in [5.41, 5.74) is 2.70. The van der Waals surface area contributed by atoms with Crippen molar-refractivity contribution in [2.45, 2.75) is 20.3 Å². The van der Waals surface area contributed by atoms with E-state index in [1.807, 2.05) is 19.9 Å². The van der Waals surface area contributed by atoms with Gasteiger partial charge in [0.25, 0.3) is 0 Å². The number of rotatable bonds is 1. The minimum Gasteiger partial charge on any atom is -0.289 e. The monoisotopic (exact) mass is 200 g/mol. The van der Waals surface area contributed by atoms with Gasteiger partial charge in [-0.25, -0.2) is 0 Å². The average molecular weight is 200 g/mol. The van der Waals surface area contributed by atoms with Crippen LogP contribution in [-0.2, 0) is 0 Å². The zero-order valence-electron chi connectivity index (χ0n) is 8.83. The second-order valence-electron chi connectivity index (χ2n) is 3.77. The molecule has 76 valence electrons. The maximum atomic E-state index is 11.9. The second-order valence-corrected chi connectivity index (χ2v) is 3.77. The van der Waals surface area contributed by atoms with E-state index in [-0.39, 0.29) is 11.6 Å². The summed E-state index contributed by atoms with van der Waals surface area (Å²) in [7, 11) is 0. The molecule has 1 aliphatic rings. The lowest BCUT2D eigenvalue weighted by atomic mass is 9.87. The van der Waals surface area contributed by atoms with Crippen LogP contribution in [0, 0.1) is 6.92 Å². The SMILES string of the molecule is CCC1=CC(=O)c2ccc(C)cc2C1=O. The molecule has 0 N–H and O–H groups in total. The Labute approximate surface area is 88.6 Å². The molecule has 1 aliphatic carbocycles. The van der Waals surface area contributed by atoms with Crippen molar-refractivity contribution < 1.29 is 9.59 Å². The number of fused-ring (bicyclic) bond motifs is 1. The Morgan fingerprint density at radius 2 is 1.87 bits per heavy atom. The van der Waals surface area contributed by atoms with Gasteiger partial charge >= 0.3 is 0 Å². The van der Waals surface area contributed by atoms with Crippen LogP contribution in [0.25, 0.3) is 0 Å². The number of aryl methyl sites for hydroxylation is 1. The number of hydrogen-bond acceptors (Lipinski definition) is 2. The van der Waals surface area contributed by atoms with Gasteiger partial charge in [-0.2, -0.15) is 0 Å². The van der Waals surface area contributed by atoms with Crippen molar-refractivity contribution in [3.63, 3.8) is 0 Å². The molecule has 0 spiro atoms. The van der Waals surface area contributed by atoms with Crippen molar-refractivity contribution >= 4 is 11.6 Å². The Balaban J connectivity index is 2.62. The summed E-state index contributed by atoms with van der Waals surface area (Å²) in [6.45, 7) is 3.81. The van der Waals surface area contributed by atoms with Crippen molar-refractivity contribution in [3.05, 3.63) is 46.5 Å². The second kappa shape index (κ2) is 3.46. The average Bonchev–Trinajstić information content (AvgIpc) is 2.23. The van der Waals surface area contributed by atoms with Crippen molar-refractivity contribution in [2.24, 2.45) is 0 Å².